The molecule has 1 amide bonds. The van der Waals surface area contributed by atoms with Crippen LogP contribution in [0.15, 0.2) is 18.2 Å². The summed E-state index contributed by atoms with van der Waals surface area (Å²) in [7, 11) is 2.12. The molecule has 0 radical (unpaired) electrons. The van der Waals surface area contributed by atoms with Gasteiger partial charge in [0.1, 0.15) is 0 Å². The third-order valence-corrected chi connectivity index (χ3v) is 3.97. The lowest BCUT2D eigenvalue weighted by Gasteiger charge is -2.15. The second-order valence-corrected chi connectivity index (χ2v) is 5.63. The largest absolute Gasteiger partial charge is 0.326 e. The number of carbonyl (C=O) groups is 1. The summed E-state index contributed by atoms with van der Waals surface area (Å²) in [6.45, 7) is 6.33. The highest BCUT2D eigenvalue weighted by Crippen LogP contribution is 2.23. The van der Waals surface area contributed by atoms with E-state index in [4.69, 9.17) is 0 Å². The highest BCUT2D eigenvalue weighted by molar-refractivity contribution is 5.92. The van der Waals surface area contributed by atoms with Crippen molar-refractivity contribution in [3.63, 3.8) is 0 Å². The van der Waals surface area contributed by atoms with Crippen molar-refractivity contribution < 1.29 is 4.79 Å². The van der Waals surface area contributed by atoms with Gasteiger partial charge in [0.25, 0.3) is 0 Å². The van der Waals surface area contributed by atoms with Gasteiger partial charge < -0.3 is 10.2 Å². The summed E-state index contributed by atoms with van der Waals surface area (Å²) in [6.07, 6.45) is 2.73. The molecule has 1 heterocycles. The SMILES string of the molecule is CCc1cccc(C)c1NC(=O)CC1CCN(C)C1. The van der Waals surface area contributed by atoms with Crippen molar-refractivity contribution in [1.29, 1.82) is 0 Å². The molecule has 1 aliphatic rings. The Morgan fingerprint density at radius 2 is 2.26 bits per heavy atom. The molecule has 2 rings (SSSR count). The second kappa shape index (κ2) is 6.20. The van der Waals surface area contributed by atoms with Crippen LogP contribution >= 0.6 is 0 Å². The Labute approximate surface area is 116 Å². The zero-order valence-electron chi connectivity index (χ0n) is 12.2. The number of hydrogen-bond acceptors (Lipinski definition) is 2. The number of benzene rings is 1. The first kappa shape index (κ1) is 14.1. The molecule has 0 bridgehead atoms. The van der Waals surface area contributed by atoms with E-state index in [1.54, 1.807) is 0 Å². The van der Waals surface area contributed by atoms with E-state index in [1.807, 2.05) is 0 Å². The number of nitrogens with zero attached hydrogens (tertiary/aromatic N) is 1. The van der Waals surface area contributed by atoms with Crippen molar-refractivity contribution in [2.45, 2.75) is 33.1 Å². The van der Waals surface area contributed by atoms with Crippen LogP contribution in [0.1, 0.15) is 30.9 Å². The van der Waals surface area contributed by atoms with E-state index in [0.717, 1.165) is 37.2 Å². The minimum Gasteiger partial charge on any atom is -0.326 e. The Hall–Kier alpha value is -1.35. The Kier molecular flexibility index (Phi) is 4.59. The quantitative estimate of drug-likeness (QED) is 0.903. The van der Waals surface area contributed by atoms with Gasteiger partial charge in [0.05, 0.1) is 0 Å². The lowest BCUT2D eigenvalue weighted by Crippen LogP contribution is -2.20. The molecule has 1 unspecified atom stereocenters. The topological polar surface area (TPSA) is 32.3 Å². The van der Waals surface area contributed by atoms with Crippen molar-refractivity contribution in [3.05, 3.63) is 29.3 Å². The number of hydrogen-bond donors (Lipinski definition) is 1. The molecular formula is C16H24N2O. The van der Waals surface area contributed by atoms with Crippen LogP contribution in [0.5, 0.6) is 0 Å². The molecule has 1 aliphatic heterocycles. The minimum atomic E-state index is 0.157. The number of para-hydroxylation sites is 1. The van der Waals surface area contributed by atoms with Crippen LogP contribution < -0.4 is 5.32 Å². The van der Waals surface area contributed by atoms with Gasteiger partial charge >= 0.3 is 0 Å². The zero-order chi connectivity index (χ0) is 13.8. The summed E-state index contributed by atoms with van der Waals surface area (Å²) in [6, 6.07) is 6.19. The van der Waals surface area contributed by atoms with Gasteiger partial charge in [-0.1, -0.05) is 25.1 Å². The summed E-state index contributed by atoms with van der Waals surface area (Å²) < 4.78 is 0. The van der Waals surface area contributed by atoms with Gasteiger partial charge in [-0.2, -0.15) is 0 Å². The maximum absolute atomic E-state index is 12.2. The first-order valence-corrected chi connectivity index (χ1v) is 7.17. The van der Waals surface area contributed by atoms with Gasteiger partial charge in [0.2, 0.25) is 5.91 Å². The van der Waals surface area contributed by atoms with Gasteiger partial charge in [0.15, 0.2) is 0 Å². The molecule has 3 heteroatoms. The summed E-state index contributed by atoms with van der Waals surface area (Å²) in [5, 5.41) is 3.11. The Morgan fingerprint density at radius 1 is 1.47 bits per heavy atom. The first-order chi connectivity index (χ1) is 9.10. The highest BCUT2D eigenvalue weighted by atomic mass is 16.1. The van der Waals surface area contributed by atoms with E-state index in [9.17, 15) is 4.79 Å². The molecule has 1 N–H and O–H groups in total. The molecule has 0 aromatic heterocycles. The standard InChI is InChI=1S/C16H24N2O/c1-4-14-7-5-6-12(2)16(14)17-15(19)10-13-8-9-18(3)11-13/h5-7,13H,4,8-11H2,1-3H3,(H,17,19). The number of rotatable bonds is 4. The number of aryl methyl sites for hydroxylation is 2. The van der Waals surface area contributed by atoms with E-state index in [0.29, 0.717) is 12.3 Å². The fourth-order valence-corrected chi connectivity index (χ4v) is 2.85. The molecule has 19 heavy (non-hydrogen) atoms. The lowest BCUT2D eigenvalue weighted by atomic mass is 10.0. The Bertz CT molecular complexity index is 456. The first-order valence-electron chi connectivity index (χ1n) is 7.17. The van der Waals surface area contributed by atoms with Crippen LogP contribution in [-0.2, 0) is 11.2 Å². The van der Waals surface area contributed by atoms with Gasteiger partial charge in [-0.05, 0) is 50.4 Å². The van der Waals surface area contributed by atoms with E-state index >= 15 is 0 Å². The summed E-state index contributed by atoms with van der Waals surface area (Å²) >= 11 is 0. The molecule has 0 aliphatic carbocycles. The average molecular weight is 260 g/mol. The van der Waals surface area contributed by atoms with Gasteiger partial charge in [-0.15, -0.1) is 0 Å². The molecular weight excluding hydrogens is 236 g/mol. The summed E-state index contributed by atoms with van der Waals surface area (Å²) in [5.74, 6) is 0.670. The molecule has 1 saturated heterocycles. The second-order valence-electron chi connectivity index (χ2n) is 5.63. The highest BCUT2D eigenvalue weighted by Gasteiger charge is 2.22. The Morgan fingerprint density at radius 3 is 2.89 bits per heavy atom. The van der Waals surface area contributed by atoms with Crippen molar-refractivity contribution in [2.24, 2.45) is 5.92 Å². The molecule has 104 valence electrons. The van der Waals surface area contributed by atoms with Crippen molar-refractivity contribution in [2.75, 3.05) is 25.5 Å². The van der Waals surface area contributed by atoms with Crippen LogP contribution in [-0.4, -0.2) is 30.9 Å². The van der Waals surface area contributed by atoms with Crippen molar-refractivity contribution >= 4 is 11.6 Å². The van der Waals surface area contributed by atoms with Crippen LogP contribution in [0.2, 0.25) is 0 Å². The fourth-order valence-electron chi connectivity index (χ4n) is 2.85. The molecule has 0 saturated carbocycles. The van der Waals surface area contributed by atoms with Crippen LogP contribution in [0.4, 0.5) is 5.69 Å². The number of anilines is 1. The Balaban J connectivity index is 1.99. The third kappa shape index (κ3) is 3.57. The number of likely N-dealkylation sites (tertiary alicyclic amines) is 1. The number of carbonyl (C=O) groups excluding carboxylic acids is 1. The normalized spacial score (nSPS) is 19.6. The minimum absolute atomic E-state index is 0.157. The number of amides is 1. The summed E-state index contributed by atoms with van der Waals surface area (Å²) in [5.41, 5.74) is 3.38. The molecule has 0 spiro atoms. The monoisotopic (exact) mass is 260 g/mol. The lowest BCUT2D eigenvalue weighted by molar-refractivity contribution is -0.117. The molecule has 1 atom stereocenters. The van der Waals surface area contributed by atoms with Gasteiger partial charge in [-0.3, -0.25) is 4.79 Å². The summed E-state index contributed by atoms with van der Waals surface area (Å²) in [4.78, 5) is 14.5. The molecule has 1 aromatic rings. The molecule has 1 aromatic carbocycles. The molecule has 3 nitrogen and oxygen atoms in total. The van der Waals surface area contributed by atoms with Crippen molar-refractivity contribution in [1.82, 2.24) is 4.90 Å². The van der Waals surface area contributed by atoms with E-state index in [-0.39, 0.29) is 5.91 Å². The van der Waals surface area contributed by atoms with Gasteiger partial charge in [-0.25, -0.2) is 0 Å². The third-order valence-electron chi connectivity index (χ3n) is 3.97. The maximum atomic E-state index is 12.2. The maximum Gasteiger partial charge on any atom is 0.224 e. The van der Waals surface area contributed by atoms with Crippen LogP contribution in [0.3, 0.4) is 0 Å². The van der Waals surface area contributed by atoms with Gasteiger partial charge in [0, 0.05) is 18.7 Å². The van der Waals surface area contributed by atoms with Crippen LogP contribution in [0.25, 0.3) is 0 Å². The predicted molar refractivity (Wildman–Crippen MR) is 79.4 cm³/mol. The zero-order valence-corrected chi connectivity index (χ0v) is 12.2. The van der Waals surface area contributed by atoms with Crippen molar-refractivity contribution in [3.8, 4) is 0 Å². The number of nitrogens with one attached hydrogen (secondary N) is 1. The fraction of sp³-hybridized carbons (Fsp3) is 0.562. The van der Waals surface area contributed by atoms with E-state index in [2.05, 4.69) is 49.3 Å². The van der Waals surface area contributed by atoms with E-state index in [1.165, 1.54) is 5.56 Å². The average Bonchev–Trinajstić information content (AvgIpc) is 2.77. The predicted octanol–water partition coefficient (Wildman–Crippen LogP) is 2.84. The van der Waals surface area contributed by atoms with Crippen LogP contribution in [0, 0.1) is 12.8 Å². The smallest absolute Gasteiger partial charge is 0.224 e. The molecule has 1 fully saturated rings. The van der Waals surface area contributed by atoms with E-state index < -0.39 is 0 Å².